The van der Waals surface area contributed by atoms with E-state index in [1.807, 2.05) is 0 Å². The molecule has 1 saturated carbocycles. The zero-order valence-corrected chi connectivity index (χ0v) is 27.1. The molecule has 0 bridgehead atoms. The number of nitrogens with two attached hydrogens (primary N) is 2. The van der Waals surface area contributed by atoms with Crippen LogP contribution in [-0.4, -0.2) is 49.1 Å². The van der Waals surface area contributed by atoms with Crippen LogP contribution in [0.5, 0.6) is 0 Å². The van der Waals surface area contributed by atoms with Gasteiger partial charge in [-0.15, -0.1) is 0 Å². The van der Waals surface area contributed by atoms with Crippen molar-refractivity contribution in [3.05, 3.63) is 132 Å². The molecule has 1 aliphatic carbocycles. The largest absolute Gasteiger partial charge is 0.386 e. The summed E-state index contributed by atoms with van der Waals surface area (Å²) in [6.07, 6.45) is 3.48. The summed E-state index contributed by atoms with van der Waals surface area (Å²) in [5.41, 5.74) is 16.1. The minimum Gasteiger partial charge on any atom is -0.386 e. The van der Waals surface area contributed by atoms with Crippen molar-refractivity contribution in [2.24, 2.45) is 28.7 Å². The molecule has 1 saturated heterocycles. The van der Waals surface area contributed by atoms with Gasteiger partial charge in [-0.25, -0.2) is 0 Å². The molecule has 0 radical (unpaired) electrons. The van der Waals surface area contributed by atoms with Crippen LogP contribution < -0.4 is 22.1 Å². The Labute approximate surface area is 274 Å². The highest BCUT2D eigenvalue weighted by Gasteiger charge is 2.56. The van der Waals surface area contributed by atoms with Crippen molar-refractivity contribution in [1.82, 2.24) is 15.5 Å². The maximum Gasteiger partial charge on any atom is 0.228 e. The lowest BCUT2D eigenvalue weighted by molar-refractivity contribution is -0.137. The summed E-state index contributed by atoms with van der Waals surface area (Å²) >= 11 is 0. The highest BCUT2D eigenvalue weighted by atomic mass is 16.2. The molecule has 6 nitrogen and oxygen atoms in total. The van der Waals surface area contributed by atoms with E-state index in [1.54, 1.807) is 0 Å². The van der Waals surface area contributed by atoms with Crippen molar-refractivity contribution in [3.63, 3.8) is 0 Å². The van der Waals surface area contributed by atoms with Gasteiger partial charge >= 0.3 is 0 Å². The lowest BCUT2D eigenvalue weighted by Gasteiger charge is -2.33. The number of nitrogens with one attached hydrogen (secondary N) is 2. The highest BCUT2D eigenvalue weighted by molar-refractivity contribution is 5.86. The Kier molecular flexibility index (Phi) is 9.76. The van der Waals surface area contributed by atoms with E-state index in [0.29, 0.717) is 30.9 Å². The maximum absolute atomic E-state index is 14.5. The van der Waals surface area contributed by atoms with Crippen LogP contribution in [0.1, 0.15) is 48.8 Å². The van der Waals surface area contributed by atoms with Gasteiger partial charge < -0.3 is 27.0 Å². The van der Waals surface area contributed by atoms with Crippen LogP contribution in [0.15, 0.2) is 116 Å². The number of hydrogen-bond donors (Lipinski definition) is 4. The average Bonchev–Trinajstić information content (AvgIpc) is 4.01. The van der Waals surface area contributed by atoms with E-state index >= 15 is 0 Å². The summed E-state index contributed by atoms with van der Waals surface area (Å²) in [4.78, 5) is 16.7. The van der Waals surface area contributed by atoms with Crippen LogP contribution >= 0.6 is 0 Å². The lowest BCUT2D eigenvalue weighted by atomic mass is 9.87. The molecule has 2 unspecified atom stereocenters. The van der Waals surface area contributed by atoms with Crippen LogP contribution in [-0.2, 0) is 11.2 Å². The Morgan fingerprint density at radius 1 is 0.978 bits per heavy atom. The molecule has 240 valence electrons. The fourth-order valence-electron chi connectivity index (χ4n) is 7.35. The van der Waals surface area contributed by atoms with E-state index in [9.17, 15) is 4.79 Å². The molecule has 0 aromatic heterocycles. The molecule has 4 aromatic rings. The van der Waals surface area contributed by atoms with Crippen molar-refractivity contribution in [2.75, 3.05) is 26.2 Å². The van der Waals surface area contributed by atoms with E-state index in [-0.39, 0.29) is 29.2 Å². The number of hydrogen-bond acceptors (Lipinski definition) is 5. The predicted molar refractivity (Wildman–Crippen MR) is 189 cm³/mol. The van der Waals surface area contributed by atoms with Crippen LogP contribution in [0.25, 0.3) is 10.8 Å². The lowest BCUT2D eigenvalue weighted by Crippen LogP contribution is -2.44. The Morgan fingerprint density at radius 2 is 1.61 bits per heavy atom. The Bertz CT molecular complexity index is 1580. The van der Waals surface area contributed by atoms with E-state index in [2.05, 4.69) is 132 Å². The monoisotopic (exact) mass is 615 g/mol. The molecule has 1 amide bonds. The predicted octanol–water partition coefficient (Wildman–Crippen LogP) is 5.78. The summed E-state index contributed by atoms with van der Waals surface area (Å²) in [6.45, 7) is 8.94. The molecule has 46 heavy (non-hydrogen) atoms. The third-order valence-electron chi connectivity index (χ3n) is 10.4. The van der Waals surface area contributed by atoms with Crippen LogP contribution in [0.2, 0.25) is 0 Å². The molecule has 6 N–H and O–H groups in total. The van der Waals surface area contributed by atoms with Crippen LogP contribution in [0.3, 0.4) is 0 Å². The fourth-order valence-corrected chi connectivity index (χ4v) is 7.35. The minimum atomic E-state index is -0.365. The Balaban J connectivity index is 1.22. The number of amides is 1. The quantitative estimate of drug-likeness (QED) is 0.120. The van der Waals surface area contributed by atoms with E-state index in [4.69, 9.17) is 11.5 Å². The van der Waals surface area contributed by atoms with Gasteiger partial charge in [0.25, 0.3) is 0 Å². The first-order valence-electron chi connectivity index (χ1n) is 16.9. The second kappa shape index (κ2) is 14.1. The summed E-state index contributed by atoms with van der Waals surface area (Å²) in [5, 5.41) is 9.18. The highest BCUT2D eigenvalue weighted by Crippen LogP contribution is 2.55. The number of fused-ring (bicyclic) bond motifs is 1. The van der Waals surface area contributed by atoms with Crippen molar-refractivity contribution in [1.29, 1.82) is 0 Å². The molecule has 6 rings (SSSR count). The molecule has 0 spiro atoms. The van der Waals surface area contributed by atoms with Crippen molar-refractivity contribution >= 4 is 16.7 Å². The Morgan fingerprint density at radius 3 is 2.24 bits per heavy atom. The SMILES string of the molecule is C=C(N)NCCC1C[C@@]1(C)C(=O)N(CC[C@@H](C1CN1)[C@@H](N)Cc1ccc2ccccc2c1)CC(c1ccccc1)c1ccccc1. The van der Waals surface area contributed by atoms with Crippen molar-refractivity contribution < 1.29 is 4.79 Å². The van der Waals surface area contributed by atoms with E-state index in [1.165, 1.54) is 27.5 Å². The van der Waals surface area contributed by atoms with E-state index < -0.39 is 0 Å². The molecule has 5 atom stereocenters. The van der Waals surface area contributed by atoms with Gasteiger partial charge in [-0.1, -0.05) is 117 Å². The first-order valence-corrected chi connectivity index (χ1v) is 16.9. The van der Waals surface area contributed by atoms with Gasteiger partial charge in [-0.2, -0.15) is 0 Å². The third-order valence-corrected chi connectivity index (χ3v) is 10.4. The number of benzene rings is 4. The maximum atomic E-state index is 14.5. The summed E-state index contributed by atoms with van der Waals surface area (Å²) in [5.74, 6) is 1.42. The Hall–Kier alpha value is -4.13. The zero-order valence-electron chi connectivity index (χ0n) is 27.1. The van der Waals surface area contributed by atoms with Gasteiger partial charge in [-0.05, 0) is 65.0 Å². The summed E-state index contributed by atoms with van der Waals surface area (Å²) < 4.78 is 0. The number of nitrogens with zero attached hydrogens (tertiary/aromatic N) is 1. The first-order chi connectivity index (χ1) is 22.3. The van der Waals surface area contributed by atoms with Crippen molar-refractivity contribution in [3.8, 4) is 0 Å². The van der Waals surface area contributed by atoms with Gasteiger partial charge in [-0.3, -0.25) is 4.79 Å². The molecule has 6 heteroatoms. The van der Waals surface area contributed by atoms with Gasteiger partial charge in [0.15, 0.2) is 0 Å². The standard InChI is InChI=1S/C40H49N5O/c1-28(41)43-21-19-34-25-40(34,2)39(46)45(27-36(31-12-5-3-6-13-31)32-14-7-4-8-15-32)22-20-35(38-26-44-38)37(42)24-29-17-18-30-11-9-10-16-33(30)23-29/h3-18,23,34-38,43-44H,1,19-22,24-27,41-42H2,2H3/t34?,35-,37+,38?,40-/m1/s1. The zero-order chi connectivity index (χ0) is 32.1. The van der Waals surface area contributed by atoms with E-state index in [0.717, 1.165) is 38.8 Å². The summed E-state index contributed by atoms with van der Waals surface area (Å²) in [7, 11) is 0. The molecular weight excluding hydrogens is 566 g/mol. The third kappa shape index (κ3) is 7.63. The first kappa shape index (κ1) is 31.8. The summed E-state index contributed by atoms with van der Waals surface area (Å²) in [6, 6.07) is 36.8. The molecule has 1 heterocycles. The molecule has 1 aliphatic heterocycles. The second-order valence-corrected chi connectivity index (χ2v) is 13.7. The smallest absolute Gasteiger partial charge is 0.228 e. The van der Waals surface area contributed by atoms with Crippen LogP contribution in [0.4, 0.5) is 0 Å². The van der Waals surface area contributed by atoms with Gasteiger partial charge in [0.05, 0.1) is 5.82 Å². The normalized spacial score (nSPS) is 21.5. The minimum absolute atomic E-state index is 0.00291. The fraction of sp³-hybridized carbons (Fsp3) is 0.375. The molecule has 2 fully saturated rings. The topological polar surface area (TPSA) is 106 Å². The van der Waals surface area contributed by atoms with Crippen molar-refractivity contribution in [2.45, 2.75) is 50.6 Å². The number of rotatable bonds is 16. The van der Waals surface area contributed by atoms with Crippen LogP contribution in [0, 0.1) is 17.3 Å². The van der Waals surface area contributed by atoms with Gasteiger partial charge in [0, 0.05) is 49.6 Å². The van der Waals surface area contributed by atoms with Gasteiger partial charge in [0.2, 0.25) is 5.91 Å². The average molecular weight is 616 g/mol. The molecule has 4 aromatic carbocycles. The number of carbonyl (C=O) groups is 1. The molecular formula is C40H49N5O. The number of carbonyl (C=O) groups excluding carboxylic acids is 1. The molecule has 2 aliphatic rings. The second-order valence-electron chi connectivity index (χ2n) is 13.7. The van der Waals surface area contributed by atoms with Gasteiger partial charge in [0.1, 0.15) is 0 Å².